The third-order valence-corrected chi connectivity index (χ3v) is 4.89. The first-order chi connectivity index (χ1) is 11.5. The predicted molar refractivity (Wildman–Crippen MR) is 104 cm³/mol. The van der Waals surface area contributed by atoms with Gasteiger partial charge in [0.05, 0.1) is 0 Å². The van der Waals surface area contributed by atoms with Crippen molar-refractivity contribution in [2.24, 2.45) is 0 Å². The Kier molecular flexibility index (Phi) is 4.84. The van der Waals surface area contributed by atoms with Gasteiger partial charge in [0.25, 0.3) is 0 Å². The lowest BCUT2D eigenvalue weighted by molar-refractivity contribution is 0.964. The van der Waals surface area contributed by atoms with Crippen LogP contribution in [-0.2, 0) is 0 Å². The van der Waals surface area contributed by atoms with Crippen LogP contribution in [0.2, 0.25) is 10.0 Å². The average molecular weight is 356 g/mol. The van der Waals surface area contributed by atoms with Crippen molar-refractivity contribution < 1.29 is 0 Å². The van der Waals surface area contributed by atoms with E-state index in [-0.39, 0.29) is 5.92 Å². The molecular weight excluding hydrogens is 337 g/mol. The number of halogens is 2. The number of benzene rings is 3. The van der Waals surface area contributed by atoms with Crippen molar-refractivity contribution in [2.75, 3.05) is 5.73 Å². The molecule has 0 bridgehead atoms. The van der Waals surface area contributed by atoms with Crippen molar-refractivity contribution in [3.05, 3.63) is 98.5 Å². The van der Waals surface area contributed by atoms with Crippen molar-refractivity contribution in [2.45, 2.75) is 19.8 Å². The van der Waals surface area contributed by atoms with E-state index in [9.17, 15) is 0 Å². The van der Waals surface area contributed by atoms with Gasteiger partial charge in [-0.15, -0.1) is 0 Å². The second-order valence-electron chi connectivity index (χ2n) is 6.09. The maximum atomic E-state index is 6.52. The lowest BCUT2D eigenvalue weighted by Crippen LogP contribution is -2.09. The average Bonchev–Trinajstić information content (AvgIpc) is 2.54. The lowest BCUT2D eigenvalue weighted by Gasteiger charge is -2.24. The minimum Gasteiger partial charge on any atom is -0.398 e. The van der Waals surface area contributed by atoms with Crippen LogP contribution >= 0.6 is 23.2 Å². The van der Waals surface area contributed by atoms with Gasteiger partial charge in [-0.1, -0.05) is 65.2 Å². The van der Waals surface area contributed by atoms with E-state index in [1.807, 2.05) is 42.5 Å². The zero-order valence-corrected chi connectivity index (χ0v) is 15.2. The first-order valence-corrected chi connectivity index (χ1v) is 8.59. The van der Waals surface area contributed by atoms with Gasteiger partial charge in [-0.3, -0.25) is 0 Å². The fraction of sp³-hybridized carbons (Fsp3) is 0.143. The molecule has 2 N–H and O–H groups in total. The third kappa shape index (κ3) is 3.28. The molecule has 0 aromatic heterocycles. The maximum absolute atomic E-state index is 6.52. The molecule has 3 aromatic carbocycles. The Labute approximate surface area is 153 Å². The van der Waals surface area contributed by atoms with Crippen LogP contribution in [0.1, 0.15) is 33.7 Å². The van der Waals surface area contributed by atoms with Crippen LogP contribution in [0.4, 0.5) is 5.69 Å². The molecule has 0 radical (unpaired) electrons. The molecule has 0 spiro atoms. The molecule has 0 fully saturated rings. The van der Waals surface area contributed by atoms with E-state index in [4.69, 9.17) is 28.9 Å². The smallest absolute Gasteiger partial charge is 0.0447 e. The van der Waals surface area contributed by atoms with E-state index < -0.39 is 0 Å². The summed E-state index contributed by atoms with van der Waals surface area (Å²) in [6.45, 7) is 4.21. The van der Waals surface area contributed by atoms with Crippen molar-refractivity contribution >= 4 is 28.9 Å². The van der Waals surface area contributed by atoms with Gasteiger partial charge in [0, 0.05) is 21.7 Å². The maximum Gasteiger partial charge on any atom is 0.0447 e. The fourth-order valence-corrected chi connectivity index (χ4v) is 3.58. The summed E-state index contributed by atoms with van der Waals surface area (Å²) in [6.07, 6.45) is 0. The minimum absolute atomic E-state index is 0.0574. The van der Waals surface area contributed by atoms with Crippen LogP contribution < -0.4 is 5.73 Å². The Hall–Kier alpha value is -1.96. The van der Waals surface area contributed by atoms with Gasteiger partial charge in [0.15, 0.2) is 0 Å². The molecule has 24 heavy (non-hydrogen) atoms. The standard InChI is InChI=1S/C21H19Cl2N/c1-13-7-9-16(14(2)11-13)21(17-5-3-4-6-19(17)23)18-12-15(22)8-10-20(18)24/h3-12,21H,24H2,1-2H3. The van der Waals surface area contributed by atoms with Gasteiger partial charge in [0.2, 0.25) is 0 Å². The van der Waals surface area contributed by atoms with Crippen LogP contribution in [0, 0.1) is 13.8 Å². The van der Waals surface area contributed by atoms with Crippen molar-refractivity contribution in [3.8, 4) is 0 Å². The highest BCUT2D eigenvalue weighted by Gasteiger charge is 2.23. The van der Waals surface area contributed by atoms with Crippen molar-refractivity contribution in [3.63, 3.8) is 0 Å². The molecule has 0 heterocycles. The summed E-state index contributed by atoms with van der Waals surface area (Å²) in [5.41, 5.74) is 12.6. The summed E-state index contributed by atoms with van der Waals surface area (Å²) in [5.74, 6) is -0.0574. The third-order valence-electron chi connectivity index (χ3n) is 4.31. The van der Waals surface area contributed by atoms with Gasteiger partial charge in [-0.2, -0.15) is 0 Å². The molecule has 0 aliphatic rings. The normalized spacial score (nSPS) is 12.2. The van der Waals surface area contributed by atoms with E-state index >= 15 is 0 Å². The summed E-state index contributed by atoms with van der Waals surface area (Å²) in [6, 6.07) is 19.9. The molecule has 0 aliphatic heterocycles. The summed E-state index contributed by atoms with van der Waals surface area (Å²) >= 11 is 12.8. The van der Waals surface area contributed by atoms with Gasteiger partial charge in [-0.05, 0) is 60.4 Å². The highest BCUT2D eigenvalue weighted by atomic mass is 35.5. The second-order valence-corrected chi connectivity index (χ2v) is 6.93. The zero-order valence-electron chi connectivity index (χ0n) is 13.7. The number of aryl methyl sites for hydroxylation is 2. The molecule has 1 unspecified atom stereocenters. The Bertz CT molecular complexity index is 887. The highest BCUT2D eigenvalue weighted by molar-refractivity contribution is 6.31. The zero-order chi connectivity index (χ0) is 17.3. The SMILES string of the molecule is Cc1ccc(C(c2cc(Cl)ccc2N)c2ccccc2Cl)c(C)c1. The topological polar surface area (TPSA) is 26.0 Å². The van der Waals surface area contributed by atoms with E-state index in [0.29, 0.717) is 10.7 Å². The van der Waals surface area contributed by atoms with Crippen LogP contribution in [0.5, 0.6) is 0 Å². The van der Waals surface area contributed by atoms with Crippen LogP contribution in [-0.4, -0.2) is 0 Å². The molecule has 0 amide bonds. The largest absolute Gasteiger partial charge is 0.398 e. The molecule has 0 aliphatic carbocycles. The van der Waals surface area contributed by atoms with Gasteiger partial charge in [0.1, 0.15) is 0 Å². The van der Waals surface area contributed by atoms with Crippen molar-refractivity contribution in [1.29, 1.82) is 0 Å². The number of anilines is 1. The molecule has 3 aromatic rings. The summed E-state index contributed by atoms with van der Waals surface area (Å²) in [4.78, 5) is 0. The Morgan fingerprint density at radius 2 is 1.54 bits per heavy atom. The Morgan fingerprint density at radius 3 is 2.25 bits per heavy atom. The molecule has 0 saturated carbocycles. The molecule has 3 rings (SSSR count). The number of nitrogens with two attached hydrogens (primary N) is 1. The van der Waals surface area contributed by atoms with E-state index in [1.165, 1.54) is 16.7 Å². The van der Waals surface area contributed by atoms with E-state index in [0.717, 1.165) is 16.1 Å². The fourth-order valence-electron chi connectivity index (χ4n) is 3.16. The lowest BCUT2D eigenvalue weighted by atomic mass is 9.82. The van der Waals surface area contributed by atoms with Crippen LogP contribution in [0.15, 0.2) is 60.7 Å². The number of hydrogen-bond donors (Lipinski definition) is 1. The Morgan fingerprint density at radius 1 is 0.792 bits per heavy atom. The number of nitrogen functional groups attached to an aromatic ring is 1. The number of rotatable bonds is 3. The first-order valence-electron chi connectivity index (χ1n) is 7.84. The molecule has 1 atom stereocenters. The Balaban J connectivity index is 2.29. The summed E-state index contributed by atoms with van der Waals surface area (Å²) in [5, 5.41) is 1.39. The van der Waals surface area contributed by atoms with Crippen molar-refractivity contribution in [1.82, 2.24) is 0 Å². The molecule has 0 saturated heterocycles. The van der Waals surface area contributed by atoms with Crippen LogP contribution in [0.25, 0.3) is 0 Å². The molecule has 122 valence electrons. The monoisotopic (exact) mass is 355 g/mol. The quantitative estimate of drug-likeness (QED) is 0.428. The van der Waals surface area contributed by atoms with Crippen LogP contribution in [0.3, 0.4) is 0 Å². The number of hydrogen-bond acceptors (Lipinski definition) is 1. The van der Waals surface area contributed by atoms with Gasteiger partial charge in [-0.25, -0.2) is 0 Å². The first kappa shape index (κ1) is 16.9. The predicted octanol–water partition coefficient (Wildman–Crippen LogP) is 6.37. The molecule has 3 heteroatoms. The highest BCUT2D eigenvalue weighted by Crippen LogP contribution is 2.40. The van der Waals surface area contributed by atoms with E-state index in [2.05, 4.69) is 32.0 Å². The second kappa shape index (κ2) is 6.88. The van der Waals surface area contributed by atoms with Gasteiger partial charge >= 0.3 is 0 Å². The molecule has 1 nitrogen and oxygen atoms in total. The summed E-state index contributed by atoms with van der Waals surface area (Å²) in [7, 11) is 0. The minimum atomic E-state index is -0.0574. The summed E-state index contributed by atoms with van der Waals surface area (Å²) < 4.78 is 0. The molecular formula is C21H19Cl2N. The van der Waals surface area contributed by atoms with E-state index in [1.54, 1.807) is 0 Å². The van der Waals surface area contributed by atoms with Gasteiger partial charge < -0.3 is 5.73 Å².